The number of anilines is 1. The maximum atomic E-state index is 13.4. The summed E-state index contributed by atoms with van der Waals surface area (Å²) < 4.78 is 17.6. The molecule has 5 heteroatoms. The third-order valence-electron chi connectivity index (χ3n) is 5.45. The van der Waals surface area contributed by atoms with E-state index in [9.17, 15) is 9.00 Å². The molecule has 1 heterocycles. The van der Waals surface area contributed by atoms with Crippen LogP contribution in [0.25, 0.3) is 21.2 Å². The predicted molar refractivity (Wildman–Crippen MR) is 140 cm³/mol. The zero-order chi connectivity index (χ0) is 23.1. The molecule has 0 aliphatic rings. The molecular weight excluding hydrogens is 434 g/mol. The van der Waals surface area contributed by atoms with E-state index in [-0.39, 0.29) is 11.2 Å². The van der Waals surface area contributed by atoms with Crippen LogP contribution >= 0.6 is 11.3 Å². The van der Waals surface area contributed by atoms with E-state index in [4.69, 9.17) is 0 Å². The summed E-state index contributed by atoms with van der Waals surface area (Å²) in [6, 6.07) is 23.5. The van der Waals surface area contributed by atoms with Gasteiger partial charge in [-0.3, -0.25) is 4.79 Å². The van der Waals surface area contributed by atoms with Gasteiger partial charge in [0.15, 0.2) is 5.78 Å². The Morgan fingerprint density at radius 3 is 2.22 bits per heavy atom. The lowest BCUT2D eigenvalue weighted by molar-refractivity contribution is 0.102. The molecule has 3 nitrogen and oxygen atoms in total. The van der Waals surface area contributed by atoms with Crippen molar-refractivity contribution in [3.8, 4) is 11.1 Å². The molecule has 1 atom stereocenters. The van der Waals surface area contributed by atoms with Crippen molar-refractivity contribution in [1.82, 2.24) is 0 Å². The SMILES string of the molecule is C=S(=O)(Nc1ccc2sc(C(C)=O)c(-c3ccccc3)c2c1)c1ccc(C(C)(C)C)cc1. The average Bonchev–Trinajstić information content (AvgIpc) is 3.13. The van der Waals surface area contributed by atoms with Crippen LogP contribution in [0.2, 0.25) is 0 Å². The van der Waals surface area contributed by atoms with Gasteiger partial charge in [-0.05, 0) is 59.7 Å². The molecule has 0 amide bonds. The molecule has 0 aliphatic heterocycles. The van der Waals surface area contributed by atoms with Gasteiger partial charge < -0.3 is 4.72 Å². The van der Waals surface area contributed by atoms with Crippen LogP contribution in [0, 0.1) is 0 Å². The van der Waals surface area contributed by atoms with E-state index in [1.54, 1.807) is 6.92 Å². The lowest BCUT2D eigenvalue weighted by Gasteiger charge is -2.20. The number of hydrogen-bond donors (Lipinski definition) is 1. The molecule has 0 fully saturated rings. The number of hydrogen-bond acceptors (Lipinski definition) is 3. The van der Waals surface area contributed by atoms with Gasteiger partial charge in [0.05, 0.1) is 14.6 Å². The molecule has 3 aromatic carbocycles. The fourth-order valence-electron chi connectivity index (χ4n) is 3.72. The number of fused-ring (bicyclic) bond motifs is 1. The second-order valence-electron chi connectivity index (χ2n) is 8.99. The van der Waals surface area contributed by atoms with E-state index in [2.05, 4.69) is 31.4 Å². The summed E-state index contributed by atoms with van der Waals surface area (Å²) >= 11 is 1.49. The Morgan fingerprint density at radius 2 is 1.62 bits per heavy atom. The van der Waals surface area contributed by atoms with E-state index in [0.29, 0.717) is 10.6 Å². The highest BCUT2D eigenvalue weighted by atomic mass is 32.2. The van der Waals surface area contributed by atoms with E-state index in [1.165, 1.54) is 16.9 Å². The van der Waals surface area contributed by atoms with Crippen molar-refractivity contribution in [1.29, 1.82) is 0 Å². The zero-order valence-electron chi connectivity index (χ0n) is 18.8. The van der Waals surface area contributed by atoms with E-state index < -0.39 is 9.71 Å². The minimum atomic E-state index is -2.74. The summed E-state index contributed by atoms with van der Waals surface area (Å²) in [5, 5.41) is 0.967. The number of carbonyl (C=O) groups is 1. The minimum Gasteiger partial charge on any atom is -0.309 e. The van der Waals surface area contributed by atoms with Crippen LogP contribution < -0.4 is 4.72 Å². The maximum Gasteiger partial charge on any atom is 0.170 e. The standard InChI is InChI=1S/C27H27NO2S2/c1-18(29)26-25(19-9-7-6-8-10-19)23-17-21(13-16-24(23)31-26)28-32(5,30)22-14-11-20(12-15-22)27(2,3)4/h6-17H,5H2,1-4H3,(H,28,30). The van der Waals surface area contributed by atoms with Crippen molar-refractivity contribution in [2.24, 2.45) is 0 Å². The van der Waals surface area contributed by atoms with Gasteiger partial charge in [0, 0.05) is 26.2 Å². The molecule has 0 radical (unpaired) electrons. The lowest BCUT2D eigenvalue weighted by atomic mass is 9.87. The van der Waals surface area contributed by atoms with E-state index in [0.717, 1.165) is 26.1 Å². The topological polar surface area (TPSA) is 46.2 Å². The van der Waals surface area contributed by atoms with Crippen LogP contribution in [0.1, 0.15) is 42.9 Å². The molecule has 1 unspecified atom stereocenters. The van der Waals surface area contributed by atoms with Crippen molar-refractivity contribution in [2.75, 3.05) is 4.72 Å². The highest BCUT2D eigenvalue weighted by Gasteiger charge is 2.19. The summed E-state index contributed by atoms with van der Waals surface area (Å²) in [7, 11) is -2.74. The van der Waals surface area contributed by atoms with Crippen LogP contribution in [0.15, 0.2) is 77.7 Å². The molecule has 164 valence electrons. The highest BCUT2D eigenvalue weighted by molar-refractivity contribution is 8.01. The minimum absolute atomic E-state index is 0.0280. The Hall–Kier alpha value is -2.89. The van der Waals surface area contributed by atoms with E-state index >= 15 is 0 Å². The van der Waals surface area contributed by atoms with Crippen LogP contribution in [-0.4, -0.2) is 15.9 Å². The molecule has 0 saturated heterocycles. The normalized spacial score (nSPS) is 13.6. The first-order valence-corrected chi connectivity index (χ1v) is 13.0. The Kier molecular flexibility index (Phi) is 5.74. The number of thiophene rings is 1. The summed E-state index contributed by atoms with van der Waals surface area (Å²) in [5.41, 5.74) is 3.84. The van der Waals surface area contributed by atoms with Crippen LogP contribution in [0.5, 0.6) is 0 Å². The molecular formula is C27H27NO2S2. The van der Waals surface area contributed by atoms with Crippen LogP contribution in [0.4, 0.5) is 5.69 Å². The Morgan fingerprint density at radius 1 is 0.969 bits per heavy atom. The Balaban J connectivity index is 1.75. The molecule has 0 aliphatic carbocycles. The Bertz CT molecular complexity index is 1390. The lowest BCUT2D eigenvalue weighted by Crippen LogP contribution is -2.14. The molecule has 1 N–H and O–H groups in total. The molecule has 4 rings (SSSR count). The van der Waals surface area contributed by atoms with Crippen LogP contribution in [0.3, 0.4) is 0 Å². The van der Waals surface area contributed by atoms with Crippen molar-refractivity contribution >= 4 is 48.5 Å². The molecule has 0 bridgehead atoms. The summed E-state index contributed by atoms with van der Waals surface area (Å²) in [6.07, 6.45) is 0. The van der Waals surface area contributed by atoms with Crippen LogP contribution in [-0.2, 0) is 15.1 Å². The number of rotatable bonds is 5. The molecule has 0 saturated carbocycles. The maximum absolute atomic E-state index is 13.4. The first kappa shape index (κ1) is 22.3. The van der Waals surface area contributed by atoms with Gasteiger partial charge in [0.25, 0.3) is 0 Å². The molecule has 4 aromatic rings. The van der Waals surface area contributed by atoms with Crippen molar-refractivity contribution in [3.63, 3.8) is 0 Å². The summed E-state index contributed by atoms with van der Waals surface area (Å²) in [5.74, 6) is 4.03. The molecule has 1 aromatic heterocycles. The summed E-state index contributed by atoms with van der Waals surface area (Å²) in [6.45, 7) is 8.05. The van der Waals surface area contributed by atoms with Gasteiger partial charge in [-0.15, -0.1) is 11.3 Å². The van der Waals surface area contributed by atoms with Gasteiger partial charge >= 0.3 is 0 Å². The van der Waals surface area contributed by atoms with Crippen molar-refractivity contribution < 1.29 is 9.00 Å². The number of benzene rings is 3. The Labute approximate surface area is 194 Å². The molecule has 0 spiro atoms. The first-order valence-electron chi connectivity index (χ1n) is 10.4. The largest absolute Gasteiger partial charge is 0.309 e. The van der Waals surface area contributed by atoms with Gasteiger partial charge in [-0.25, -0.2) is 4.21 Å². The molecule has 32 heavy (non-hydrogen) atoms. The number of ketones is 1. The number of nitrogens with one attached hydrogen (secondary N) is 1. The number of carbonyl (C=O) groups excluding carboxylic acids is 1. The summed E-state index contributed by atoms with van der Waals surface area (Å²) in [4.78, 5) is 13.7. The second kappa shape index (κ2) is 8.23. The fraction of sp³-hybridized carbons (Fsp3) is 0.185. The zero-order valence-corrected chi connectivity index (χ0v) is 20.4. The quantitative estimate of drug-likeness (QED) is 0.253. The average molecular weight is 462 g/mol. The third kappa shape index (κ3) is 4.36. The van der Waals surface area contributed by atoms with Gasteiger partial charge in [-0.1, -0.05) is 63.2 Å². The predicted octanol–water partition coefficient (Wildman–Crippen LogP) is 7.17. The van der Waals surface area contributed by atoms with Crippen molar-refractivity contribution in [2.45, 2.75) is 38.0 Å². The van der Waals surface area contributed by atoms with Gasteiger partial charge in [-0.2, -0.15) is 0 Å². The smallest absolute Gasteiger partial charge is 0.170 e. The first-order chi connectivity index (χ1) is 15.1. The number of Topliss-reactive ketones (excluding diaryl/α,β-unsaturated/α-hetero) is 1. The highest BCUT2D eigenvalue weighted by Crippen LogP contribution is 2.40. The van der Waals surface area contributed by atoms with E-state index in [1.807, 2.05) is 72.8 Å². The fourth-order valence-corrected chi connectivity index (χ4v) is 6.03. The van der Waals surface area contributed by atoms with Gasteiger partial charge in [0.1, 0.15) is 0 Å². The third-order valence-corrected chi connectivity index (χ3v) is 8.32. The second-order valence-corrected chi connectivity index (χ2v) is 12.1. The monoisotopic (exact) mass is 461 g/mol. The van der Waals surface area contributed by atoms with Crippen molar-refractivity contribution in [3.05, 3.63) is 83.2 Å². The van der Waals surface area contributed by atoms with Gasteiger partial charge in [0.2, 0.25) is 0 Å².